The van der Waals surface area contributed by atoms with Gasteiger partial charge in [0.05, 0.1) is 12.7 Å². The lowest BCUT2D eigenvalue weighted by atomic mass is 9.60. The van der Waals surface area contributed by atoms with Gasteiger partial charge in [-0.15, -0.1) is 0 Å². The molecule has 0 radical (unpaired) electrons. The van der Waals surface area contributed by atoms with E-state index in [0.29, 0.717) is 5.92 Å². The van der Waals surface area contributed by atoms with Crippen LogP contribution in [0.25, 0.3) is 0 Å². The first-order valence-electron chi connectivity index (χ1n) is 5.07. The SMILES string of the molecule is OCC1([C@H](O)C2CCC2)CCC1. The predicted octanol–water partition coefficient (Wildman–Crippen LogP) is 1.31. The average molecular weight is 170 g/mol. The molecule has 2 rings (SSSR count). The molecule has 70 valence electrons. The van der Waals surface area contributed by atoms with E-state index in [2.05, 4.69) is 0 Å². The number of hydrogen-bond acceptors (Lipinski definition) is 2. The minimum absolute atomic E-state index is 0.0922. The third kappa shape index (κ3) is 1.09. The summed E-state index contributed by atoms with van der Waals surface area (Å²) in [5.41, 5.74) is -0.0922. The number of aliphatic hydroxyl groups is 2. The molecule has 2 fully saturated rings. The van der Waals surface area contributed by atoms with Crippen LogP contribution >= 0.6 is 0 Å². The van der Waals surface area contributed by atoms with E-state index < -0.39 is 0 Å². The highest BCUT2D eigenvalue weighted by molar-refractivity contribution is 4.97. The molecule has 0 aromatic rings. The van der Waals surface area contributed by atoms with E-state index in [1.54, 1.807) is 0 Å². The molecule has 0 aromatic carbocycles. The van der Waals surface area contributed by atoms with Crippen molar-refractivity contribution < 1.29 is 10.2 Å². The second kappa shape index (κ2) is 3.00. The van der Waals surface area contributed by atoms with E-state index in [9.17, 15) is 10.2 Å². The lowest BCUT2D eigenvalue weighted by Crippen LogP contribution is -2.49. The molecule has 0 spiro atoms. The van der Waals surface area contributed by atoms with Crippen molar-refractivity contribution in [2.24, 2.45) is 11.3 Å². The molecule has 0 bridgehead atoms. The molecule has 2 aliphatic carbocycles. The maximum absolute atomic E-state index is 9.98. The third-order valence-corrected chi connectivity index (χ3v) is 3.89. The largest absolute Gasteiger partial charge is 0.396 e. The minimum Gasteiger partial charge on any atom is -0.396 e. The van der Waals surface area contributed by atoms with Crippen LogP contribution in [0.5, 0.6) is 0 Å². The Kier molecular flexibility index (Phi) is 2.13. The maximum Gasteiger partial charge on any atom is 0.0646 e. The molecule has 2 aliphatic rings. The molecule has 0 saturated heterocycles. The molecule has 2 nitrogen and oxygen atoms in total. The summed E-state index contributed by atoms with van der Waals surface area (Å²) in [5, 5.41) is 19.2. The van der Waals surface area contributed by atoms with Gasteiger partial charge in [0.25, 0.3) is 0 Å². The van der Waals surface area contributed by atoms with Crippen molar-refractivity contribution in [1.29, 1.82) is 0 Å². The van der Waals surface area contributed by atoms with Crippen LogP contribution < -0.4 is 0 Å². The van der Waals surface area contributed by atoms with E-state index >= 15 is 0 Å². The molecule has 0 aromatic heterocycles. The highest BCUT2D eigenvalue weighted by atomic mass is 16.3. The van der Waals surface area contributed by atoms with Gasteiger partial charge in [-0.1, -0.05) is 12.8 Å². The zero-order valence-electron chi connectivity index (χ0n) is 7.50. The molecule has 0 aliphatic heterocycles. The van der Waals surface area contributed by atoms with Gasteiger partial charge in [-0.05, 0) is 31.6 Å². The summed E-state index contributed by atoms with van der Waals surface area (Å²) in [6, 6.07) is 0. The maximum atomic E-state index is 9.98. The van der Waals surface area contributed by atoms with Crippen LogP contribution in [0.3, 0.4) is 0 Å². The second-order valence-corrected chi connectivity index (χ2v) is 4.51. The standard InChI is InChI=1S/C10H18O2/c11-7-10(5-2-6-10)9(12)8-3-1-4-8/h8-9,11-12H,1-7H2/t9-/m1/s1. The number of hydrogen-bond donors (Lipinski definition) is 2. The zero-order chi connectivity index (χ0) is 8.60. The molecule has 0 heterocycles. The first-order chi connectivity index (χ1) is 5.78. The molecule has 2 heteroatoms. The fraction of sp³-hybridized carbons (Fsp3) is 1.00. The van der Waals surface area contributed by atoms with Crippen molar-refractivity contribution in [3.05, 3.63) is 0 Å². The summed E-state index contributed by atoms with van der Waals surface area (Å²) < 4.78 is 0. The summed E-state index contributed by atoms with van der Waals surface area (Å²) >= 11 is 0. The van der Waals surface area contributed by atoms with Crippen LogP contribution in [-0.4, -0.2) is 22.9 Å². The Balaban J connectivity index is 1.95. The van der Waals surface area contributed by atoms with Crippen molar-refractivity contribution in [3.8, 4) is 0 Å². The van der Waals surface area contributed by atoms with Gasteiger partial charge < -0.3 is 10.2 Å². The lowest BCUT2D eigenvalue weighted by molar-refractivity contribution is -0.113. The highest BCUT2D eigenvalue weighted by Crippen LogP contribution is 2.49. The van der Waals surface area contributed by atoms with Gasteiger partial charge in [0.2, 0.25) is 0 Å². The van der Waals surface area contributed by atoms with Crippen LogP contribution in [0.4, 0.5) is 0 Å². The first-order valence-corrected chi connectivity index (χ1v) is 5.07. The number of aliphatic hydroxyl groups excluding tert-OH is 2. The second-order valence-electron chi connectivity index (χ2n) is 4.51. The van der Waals surface area contributed by atoms with Gasteiger partial charge in [-0.2, -0.15) is 0 Å². The highest BCUT2D eigenvalue weighted by Gasteiger charge is 2.47. The van der Waals surface area contributed by atoms with E-state index in [4.69, 9.17) is 0 Å². The van der Waals surface area contributed by atoms with Crippen LogP contribution in [0.1, 0.15) is 38.5 Å². The Morgan fingerprint density at radius 3 is 2.17 bits per heavy atom. The van der Waals surface area contributed by atoms with Gasteiger partial charge in [-0.25, -0.2) is 0 Å². The predicted molar refractivity (Wildman–Crippen MR) is 46.7 cm³/mol. The Labute approximate surface area is 73.6 Å². The molecular weight excluding hydrogens is 152 g/mol. The molecule has 2 saturated carbocycles. The molecule has 2 N–H and O–H groups in total. The van der Waals surface area contributed by atoms with Crippen LogP contribution in [0.2, 0.25) is 0 Å². The normalized spacial score (nSPS) is 30.5. The quantitative estimate of drug-likeness (QED) is 0.670. The first kappa shape index (κ1) is 8.52. The third-order valence-electron chi connectivity index (χ3n) is 3.89. The van der Waals surface area contributed by atoms with Crippen molar-refractivity contribution in [1.82, 2.24) is 0 Å². The summed E-state index contributed by atoms with van der Waals surface area (Å²) in [5.74, 6) is 0.498. The molecular formula is C10H18O2. The van der Waals surface area contributed by atoms with E-state index in [1.807, 2.05) is 0 Å². The lowest BCUT2D eigenvalue weighted by Gasteiger charge is -2.49. The van der Waals surface area contributed by atoms with Gasteiger partial charge in [-0.3, -0.25) is 0 Å². The summed E-state index contributed by atoms with van der Waals surface area (Å²) in [6.45, 7) is 0.185. The summed E-state index contributed by atoms with van der Waals surface area (Å²) in [6.07, 6.45) is 6.63. The van der Waals surface area contributed by atoms with E-state index in [1.165, 1.54) is 25.7 Å². The Hall–Kier alpha value is -0.0800. The fourth-order valence-electron chi connectivity index (χ4n) is 2.43. The van der Waals surface area contributed by atoms with Gasteiger partial charge in [0.15, 0.2) is 0 Å². The van der Waals surface area contributed by atoms with Crippen molar-refractivity contribution >= 4 is 0 Å². The fourth-order valence-corrected chi connectivity index (χ4v) is 2.43. The Morgan fingerprint density at radius 2 is 1.92 bits per heavy atom. The van der Waals surface area contributed by atoms with Crippen LogP contribution in [0.15, 0.2) is 0 Å². The van der Waals surface area contributed by atoms with Gasteiger partial charge in [0, 0.05) is 5.41 Å². The van der Waals surface area contributed by atoms with E-state index in [-0.39, 0.29) is 18.1 Å². The molecule has 0 unspecified atom stereocenters. The smallest absolute Gasteiger partial charge is 0.0646 e. The molecule has 12 heavy (non-hydrogen) atoms. The van der Waals surface area contributed by atoms with Gasteiger partial charge >= 0.3 is 0 Å². The summed E-state index contributed by atoms with van der Waals surface area (Å²) in [4.78, 5) is 0. The number of rotatable bonds is 3. The monoisotopic (exact) mass is 170 g/mol. The van der Waals surface area contributed by atoms with Crippen molar-refractivity contribution in [2.45, 2.75) is 44.6 Å². The van der Waals surface area contributed by atoms with Crippen LogP contribution in [0, 0.1) is 11.3 Å². The van der Waals surface area contributed by atoms with Crippen molar-refractivity contribution in [2.75, 3.05) is 6.61 Å². The molecule has 1 atom stereocenters. The Morgan fingerprint density at radius 1 is 1.25 bits per heavy atom. The average Bonchev–Trinajstić information content (AvgIpc) is 1.81. The molecule has 0 amide bonds. The van der Waals surface area contributed by atoms with Crippen LogP contribution in [-0.2, 0) is 0 Å². The van der Waals surface area contributed by atoms with Crippen molar-refractivity contribution in [3.63, 3.8) is 0 Å². The Bertz CT molecular complexity index is 154. The minimum atomic E-state index is -0.218. The summed E-state index contributed by atoms with van der Waals surface area (Å²) in [7, 11) is 0. The topological polar surface area (TPSA) is 40.5 Å². The van der Waals surface area contributed by atoms with E-state index in [0.717, 1.165) is 12.8 Å². The van der Waals surface area contributed by atoms with Gasteiger partial charge in [0.1, 0.15) is 0 Å². The zero-order valence-corrected chi connectivity index (χ0v) is 7.50.